The van der Waals surface area contributed by atoms with Crippen molar-refractivity contribution in [1.29, 1.82) is 0 Å². The maximum Gasteiger partial charge on any atom is 0.573 e. The lowest BCUT2D eigenvalue weighted by Gasteiger charge is -2.09. The Hall–Kier alpha value is -3.21. The molecule has 2 aromatic heterocycles. The second-order valence-electron chi connectivity index (χ2n) is 7.57. The summed E-state index contributed by atoms with van der Waals surface area (Å²) in [5, 5.41) is 22.2. The topological polar surface area (TPSA) is 119 Å². The van der Waals surface area contributed by atoms with Crippen LogP contribution in [0.25, 0.3) is 0 Å². The van der Waals surface area contributed by atoms with Crippen LogP contribution in [-0.2, 0) is 22.4 Å². The van der Waals surface area contributed by atoms with Gasteiger partial charge in [0, 0.05) is 11.5 Å². The Bertz CT molecular complexity index is 1400. The SMILES string of the molecule is O=C(Cc1ccccc1)Nc1nnc(SCCSc2nnc(NC(=O)Cc3cccc(OC(F)(F)F)c3)s2)s1. The molecule has 0 saturated carbocycles. The van der Waals surface area contributed by atoms with Crippen LogP contribution in [0.15, 0.2) is 63.3 Å². The van der Waals surface area contributed by atoms with Crippen molar-refractivity contribution in [2.24, 2.45) is 0 Å². The summed E-state index contributed by atoms with van der Waals surface area (Å²) >= 11 is 5.44. The Kier molecular flexibility index (Phi) is 10.1. The molecular formula is C23H19F3N6O3S4. The van der Waals surface area contributed by atoms with Crippen molar-refractivity contribution >= 4 is 68.3 Å². The number of thioether (sulfide) groups is 2. The van der Waals surface area contributed by atoms with E-state index in [1.807, 2.05) is 30.3 Å². The van der Waals surface area contributed by atoms with Crippen LogP contribution in [-0.4, -0.2) is 50.1 Å². The molecule has 39 heavy (non-hydrogen) atoms. The highest BCUT2D eigenvalue weighted by atomic mass is 32.2. The van der Waals surface area contributed by atoms with Gasteiger partial charge in [0.15, 0.2) is 8.68 Å². The summed E-state index contributed by atoms with van der Waals surface area (Å²) in [5.74, 6) is 0.402. The number of amides is 2. The molecule has 0 radical (unpaired) electrons. The molecule has 0 unspecified atom stereocenters. The fourth-order valence-electron chi connectivity index (χ4n) is 3.04. The molecule has 0 aliphatic heterocycles. The van der Waals surface area contributed by atoms with Crippen molar-refractivity contribution in [3.8, 4) is 5.75 Å². The molecule has 0 bridgehead atoms. The van der Waals surface area contributed by atoms with Gasteiger partial charge in [0.25, 0.3) is 0 Å². The molecule has 4 rings (SSSR count). The fourth-order valence-corrected chi connectivity index (χ4v) is 6.69. The third kappa shape index (κ3) is 10.1. The average Bonchev–Trinajstić information content (AvgIpc) is 3.50. The number of hydrogen-bond acceptors (Lipinski definition) is 11. The molecule has 0 atom stereocenters. The van der Waals surface area contributed by atoms with E-state index in [1.54, 1.807) is 0 Å². The van der Waals surface area contributed by atoms with Crippen molar-refractivity contribution in [3.63, 3.8) is 0 Å². The predicted octanol–water partition coefficient (Wildman–Crippen LogP) is 5.54. The van der Waals surface area contributed by atoms with Crippen LogP contribution in [0.2, 0.25) is 0 Å². The second kappa shape index (κ2) is 13.7. The van der Waals surface area contributed by atoms with Gasteiger partial charge in [0.05, 0.1) is 12.8 Å². The monoisotopic (exact) mass is 612 g/mol. The maximum atomic E-state index is 12.4. The van der Waals surface area contributed by atoms with Crippen LogP contribution in [0.4, 0.5) is 23.4 Å². The number of carbonyl (C=O) groups excluding carboxylic acids is 2. The second-order valence-corrected chi connectivity index (χ2v) is 12.2. The summed E-state index contributed by atoms with van der Waals surface area (Å²) < 4.78 is 42.4. The fraction of sp³-hybridized carbons (Fsp3) is 0.217. The van der Waals surface area contributed by atoms with Crippen LogP contribution in [0.3, 0.4) is 0 Å². The number of nitrogens with zero attached hydrogens (tertiary/aromatic N) is 4. The van der Waals surface area contributed by atoms with Crippen LogP contribution in [0.1, 0.15) is 11.1 Å². The van der Waals surface area contributed by atoms with Gasteiger partial charge in [-0.05, 0) is 23.3 Å². The van der Waals surface area contributed by atoms with E-state index in [1.165, 1.54) is 58.3 Å². The third-order valence-electron chi connectivity index (χ3n) is 4.54. The Labute approximate surface area is 237 Å². The molecular weight excluding hydrogens is 594 g/mol. The lowest BCUT2D eigenvalue weighted by atomic mass is 10.1. The van der Waals surface area contributed by atoms with E-state index in [0.717, 1.165) is 22.0 Å². The average molecular weight is 613 g/mol. The number of aromatic nitrogens is 4. The summed E-state index contributed by atoms with van der Waals surface area (Å²) in [5.41, 5.74) is 1.27. The zero-order chi connectivity index (χ0) is 27.7. The van der Waals surface area contributed by atoms with Gasteiger partial charge in [-0.25, -0.2) is 0 Å². The molecule has 0 aliphatic rings. The summed E-state index contributed by atoms with van der Waals surface area (Å²) in [4.78, 5) is 24.4. The first kappa shape index (κ1) is 28.8. The summed E-state index contributed by atoms with van der Waals surface area (Å²) in [6.45, 7) is 0. The maximum absolute atomic E-state index is 12.4. The summed E-state index contributed by atoms with van der Waals surface area (Å²) in [6, 6.07) is 14.6. The van der Waals surface area contributed by atoms with Crippen LogP contribution >= 0.6 is 46.2 Å². The standard InChI is InChI=1S/C23H19F3N6O3S4/c24-23(25,26)35-16-8-4-7-15(11-16)13-18(34)28-20-30-32-22(39-20)37-10-9-36-21-31-29-19(38-21)27-17(33)12-14-5-2-1-3-6-14/h1-8,11H,9-10,12-13H2,(H,27,29,33)(H,28,30,34). The van der Waals surface area contributed by atoms with Gasteiger partial charge in [-0.15, -0.1) is 33.6 Å². The number of halogens is 3. The van der Waals surface area contributed by atoms with E-state index in [9.17, 15) is 22.8 Å². The van der Waals surface area contributed by atoms with E-state index in [4.69, 9.17) is 0 Å². The molecule has 2 heterocycles. The van der Waals surface area contributed by atoms with Crippen molar-refractivity contribution in [1.82, 2.24) is 20.4 Å². The summed E-state index contributed by atoms with van der Waals surface area (Å²) in [7, 11) is 0. The zero-order valence-corrected chi connectivity index (χ0v) is 23.1. The first-order valence-electron chi connectivity index (χ1n) is 11.1. The highest BCUT2D eigenvalue weighted by Gasteiger charge is 2.31. The Morgan fingerprint density at radius 2 is 1.31 bits per heavy atom. The van der Waals surface area contributed by atoms with Gasteiger partial charge in [0.1, 0.15) is 5.75 Å². The highest BCUT2D eigenvalue weighted by Crippen LogP contribution is 2.30. The minimum atomic E-state index is -4.81. The summed E-state index contributed by atoms with van der Waals surface area (Å²) in [6.07, 6.45) is -4.70. The van der Waals surface area contributed by atoms with Gasteiger partial charge in [0.2, 0.25) is 22.1 Å². The lowest BCUT2D eigenvalue weighted by Crippen LogP contribution is -2.17. The van der Waals surface area contributed by atoms with Gasteiger partial charge >= 0.3 is 6.36 Å². The Morgan fingerprint density at radius 1 is 0.769 bits per heavy atom. The number of hydrogen-bond donors (Lipinski definition) is 2. The number of nitrogens with one attached hydrogen (secondary N) is 2. The molecule has 0 fully saturated rings. The molecule has 9 nitrogen and oxygen atoms in total. The van der Waals surface area contributed by atoms with Gasteiger partial charge in [-0.1, -0.05) is 88.7 Å². The Morgan fingerprint density at radius 3 is 1.87 bits per heavy atom. The molecule has 2 amide bonds. The number of carbonyl (C=O) groups is 2. The van der Waals surface area contributed by atoms with Crippen LogP contribution < -0.4 is 15.4 Å². The minimum Gasteiger partial charge on any atom is -0.406 e. The van der Waals surface area contributed by atoms with Gasteiger partial charge < -0.3 is 15.4 Å². The van der Waals surface area contributed by atoms with Gasteiger partial charge in [-0.3, -0.25) is 9.59 Å². The number of ether oxygens (including phenoxy) is 1. The van der Waals surface area contributed by atoms with E-state index in [-0.39, 0.29) is 23.9 Å². The molecule has 0 saturated heterocycles. The first-order chi connectivity index (χ1) is 18.7. The van der Waals surface area contributed by atoms with Crippen molar-refractivity contribution in [2.75, 3.05) is 22.1 Å². The number of alkyl halides is 3. The van der Waals surface area contributed by atoms with Crippen molar-refractivity contribution < 1.29 is 27.5 Å². The molecule has 2 N–H and O–H groups in total. The lowest BCUT2D eigenvalue weighted by molar-refractivity contribution is -0.274. The van der Waals surface area contributed by atoms with Gasteiger partial charge in [-0.2, -0.15) is 0 Å². The first-order valence-corrected chi connectivity index (χ1v) is 14.7. The normalized spacial score (nSPS) is 11.3. The number of anilines is 2. The van der Waals surface area contributed by atoms with E-state index in [2.05, 4.69) is 35.8 Å². The molecule has 16 heteroatoms. The van der Waals surface area contributed by atoms with E-state index < -0.39 is 18.0 Å². The largest absolute Gasteiger partial charge is 0.573 e. The Balaban J connectivity index is 1.16. The van der Waals surface area contributed by atoms with E-state index in [0.29, 0.717) is 26.5 Å². The number of benzene rings is 2. The van der Waals surface area contributed by atoms with Crippen LogP contribution in [0, 0.1) is 0 Å². The predicted molar refractivity (Wildman–Crippen MR) is 146 cm³/mol. The highest BCUT2D eigenvalue weighted by molar-refractivity contribution is 8.04. The zero-order valence-electron chi connectivity index (χ0n) is 19.8. The van der Waals surface area contributed by atoms with Crippen LogP contribution in [0.5, 0.6) is 5.75 Å². The van der Waals surface area contributed by atoms with Crippen molar-refractivity contribution in [2.45, 2.75) is 27.9 Å². The molecule has 204 valence electrons. The smallest absolute Gasteiger partial charge is 0.406 e. The van der Waals surface area contributed by atoms with Crippen molar-refractivity contribution in [3.05, 3.63) is 65.7 Å². The number of rotatable bonds is 12. The molecule has 0 aliphatic carbocycles. The quantitative estimate of drug-likeness (QED) is 0.121. The molecule has 2 aromatic carbocycles. The third-order valence-corrected chi connectivity index (χ3v) is 8.75. The molecule has 4 aromatic rings. The minimum absolute atomic E-state index is 0.149. The molecule has 0 spiro atoms. The van der Waals surface area contributed by atoms with E-state index >= 15 is 0 Å².